The molecular weight excluding hydrogens is 431 g/mol. The number of carbonyl (C=O) groups excluding carboxylic acids is 1. The molecule has 2 aromatic rings. The quantitative estimate of drug-likeness (QED) is 0.491. The molecule has 2 nitrogen and oxygen atoms in total. The van der Waals surface area contributed by atoms with Crippen LogP contribution in [-0.4, -0.2) is 11.2 Å². The second-order valence-corrected chi connectivity index (χ2v) is 10.2. The fourth-order valence-corrected chi connectivity index (χ4v) is 6.48. The summed E-state index contributed by atoms with van der Waals surface area (Å²) in [5.74, 6) is -2.55. The van der Waals surface area contributed by atoms with Gasteiger partial charge < -0.3 is 5.32 Å². The van der Waals surface area contributed by atoms with E-state index in [1.165, 1.54) is 25.7 Å². The normalized spacial score (nSPS) is 25.8. The first-order valence-electron chi connectivity index (χ1n) is 10.2. The third-order valence-corrected chi connectivity index (χ3v) is 8.13. The van der Waals surface area contributed by atoms with Crippen molar-refractivity contribution >= 4 is 35.0 Å². The number of benzene rings is 2. The number of halogens is 4. The molecule has 30 heavy (non-hydrogen) atoms. The van der Waals surface area contributed by atoms with Gasteiger partial charge in [0.25, 0.3) is 5.91 Å². The number of hydrogen-bond acceptors (Lipinski definition) is 2. The molecule has 0 aliphatic heterocycles. The molecule has 0 radical (unpaired) electrons. The minimum Gasteiger partial charge on any atom is -0.322 e. The topological polar surface area (TPSA) is 29.1 Å². The third-order valence-electron chi connectivity index (χ3n) is 6.18. The van der Waals surface area contributed by atoms with E-state index < -0.39 is 23.4 Å². The van der Waals surface area contributed by atoms with E-state index in [0.717, 1.165) is 35.3 Å². The van der Waals surface area contributed by atoms with Crippen LogP contribution in [0.3, 0.4) is 0 Å². The molecule has 0 spiro atoms. The highest BCUT2D eigenvalue weighted by Gasteiger charge is 2.36. The number of nitrogens with one attached hydrogen (secondary N) is 1. The predicted octanol–water partition coefficient (Wildman–Crippen LogP) is 7.32. The van der Waals surface area contributed by atoms with Crippen molar-refractivity contribution in [2.75, 3.05) is 5.32 Å². The highest BCUT2D eigenvalue weighted by atomic mass is 35.5. The smallest absolute Gasteiger partial charge is 0.255 e. The van der Waals surface area contributed by atoms with Crippen LogP contribution >= 0.6 is 23.4 Å². The van der Waals surface area contributed by atoms with E-state index in [1.807, 2.05) is 0 Å². The van der Waals surface area contributed by atoms with Crippen molar-refractivity contribution in [3.8, 4) is 0 Å². The maximum absolute atomic E-state index is 13.4. The monoisotopic (exact) mass is 453 g/mol. The van der Waals surface area contributed by atoms with Crippen LogP contribution in [-0.2, 0) is 0 Å². The van der Waals surface area contributed by atoms with Gasteiger partial charge >= 0.3 is 0 Å². The van der Waals surface area contributed by atoms with E-state index in [4.69, 9.17) is 11.6 Å². The maximum atomic E-state index is 13.4. The molecular formula is C23H23ClF3NOS. The summed E-state index contributed by atoms with van der Waals surface area (Å²) in [7, 11) is 0. The Hall–Kier alpha value is -1.66. The molecule has 160 valence electrons. The lowest BCUT2D eigenvalue weighted by molar-refractivity contribution is 0.102. The Morgan fingerprint density at radius 3 is 2.53 bits per heavy atom. The van der Waals surface area contributed by atoms with Gasteiger partial charge in [-0.05, 0) is 68.1 Å². The summed E-state index contributed by atoms with van der Waals surface area (Å²) in [6.45, 7) is 2.32. The first-order chi connectivity index (χ1) is 14.3. The standard InChI is InChI=1S/C23H23ClF3NOS/c1-12-6-13-2-5-20(15(7-12)8-13)30-21-9-14(3-4-17(21)24)23(29)28-16-10-18(25)22(27)19(26)11-16/h3-4,9-13,15,20H,2,5-8H2,1H3,(H,28,29)/t12-,13?,15+,20?/m0/s1. The van der Waals surface area contributed by atoms with Gasteiger partial charge in [-0.15, -0.1) is 11.8 Å². The van der Waals surface area contributed by atoms with Crippen molar-refractivity contribution < 1.29 is 18.0 Å². The summed E-state index contributed by atoms with van der Waals surface area (Å²) in [4.78, 5) is 13.4. The molecule has 0 aromatic heterocycles. The third kappa shape index (κ3) is 4.65. The number of amides is 1. The first kappa shape index (κ1) is 21.6. The average molecular weight is 454 g/mol. The molecule has 4 rings (SSSR count). The van der Waals surface area contributed by atoms with Crippen LogP contribution in [0.5, 0.6) is 0 Å². The number of thioether (sulfide) groups is 1. The lowest BCUT2D eigenvalue weighted by Crippen LogP contribution is -2.33. The molecule has 2 aliphatic rings. The molecule has 4 atom stereocenters. The lowest BCUT2D eigenvalue weighted by Gasteiger charge is -2.42. The minimum absolute atomic E-state index is 0.143. The van der Waals surface area contributed by atoms with Crippen molar-refractivity contribution in [3.05, 3.63) is 58.4 Å². The van der Waals surface area contributed by atoms with Gasteiger partial charge in [0.15, 0.2) is 17.5 Å². The molecule has 7 heteroatoms. The maximum Gasteiger partial charge on any atom is 0.255 e. The summed E-state index contributed by atoms with van der Waals surface area (Å²) in [5.41, 5.74) is 0.188. The largest absolute Gasteiger partial charge is 0.322 e. The van der Waals surface area contributed by atoms with E-state index in [0.29, 0.717) is 21.8 Å². The molecule has 2 unspecified atom stereocenters. The van der Waals surface area contributed by atoms with Gasteiger partial charge in [0.2, 0.25) is 0 Å². The van der Waals surface area contributed by atoms with Crippen molar-refractivity contribution in [1.82, 2.24) is 0 Å². The van der Waals surface area contributed by atoms with Gasteiger partial charge in [-0.25, -0.2) is 13.2 Å². The first-order valence-corrected chi connectivity index (χ1v) is 11.5. The Bertz CT molecular complexity index is 944. The predicted molar refractivity (Wildman–Crippen MR) is 115 cm³/mol. The SMILES string of the molecule is C[C@H]1CC2CCC(Sc3cc(C(=O)Nc4cc(F)c(F)c(F)c4)ccc3Cl)[C@@H](C2)C1. The summed E-state index contributed by atoms with van der Waals surface area (Å²) < 4.78 is 40.0. The van der Waals surface area contributed by atoms with Gasteiger partial charge in [-0.3, -0.25) is 4.79 Å². The molecule has 2 aliphatic carbocycles. The van der Waals surface area contributed by atoms with Crippen LogP contribution in [0.1, 0.15) is 49.4 Å². The van der Waals surface area contributed by atoms with Crippen LogP contribution in [0.15, 0.2) is 35.2 Å². The summed E-state index contributed by atoms with van der Waals surface area (Å²) >= 11 is 8.13. The van der Waals surface area contributed by atoms with E-state index in [-0.39, 0.29) is 5.69 Å². The van der Waals surface area contributed by atoms with Crippen molar-refractivity contribution in [3.63, 3.8) is 0 Å². The number of rotatable bonds is 4. The Morgan fingerprint density at radius 1 is 1.07 bits per heavy atom. The number of hydrogen-bond donors (Lipinski definition) is 1. The number of anilines is 1. The van der Waals surface area contributed by atoms with Gasteiger partial charge in [-0.2, -0.15) is 0 Å². The zero-order chi connectivity index (χ0) is 21.4. The van der Waals surface area contributed by atoms with E-state index in [9.17, 15) is 18.0 Å². The van der Waals surface area contributed by atoms with E-state index in [2.05, 4.69) is 12.2 Å². The summed E-state index contributed by atoms with van der Waals surface area (Å²) in [5, 5.41) is 3.48. The van der Waals surface area contributed by atoms with Gasteiger partial charge in [0.1, 0.15) is 0 Å². The fraction of sp³-hybridized carbons (Fsp3) is 0.435. The molecule has 1 N–H and O–H groups in total. The highest BCUT2D eigenvalue weighted by Crippen LogP contribution is 2.49. The van der Waals surface area contributed by atoms with Crippen LogP contribution in [0.25, 0.3) is 0 Å². The molecule has 0 saturated heterocycles. The highest BCUT2D eigenvalue weighted by molar-refractivity contribution is 8.00. The van der Waals surface area contributed by atoms with Crippen molar-refractivity contribution in [2.45, 2.75) is 49.2 Å². The molecule has 0 heterocycles. The lowest BCUT2D eigenvalue weighted by atomic mass is 9.68. The van der Waals surface area contributed by atoms with Crippen molar-refractivity contribution in [2.24, 2.45) is 17.8 Å². The fourth-order valence-electron chi connectivity index (χ4n) is 4.86. The number of carbonyl (C=O) groups is 1. The molecule has 1 amide bonds. The Balaban J connectivity index is 1.49. The van der Waals surface area contributed by atoms with E-state index in [1.54, 1.807) is 30.0 Å². The van der Waals surface area contributed by atoms with Crippen LogP contribution in [0.4, 0.5) is 18.9 Å². The molecule has 2 fully saturated rings. The number of fused-ring (bicyclic) bond motifs is 2. The second-order valence-electron chi connectivity index (χ2n) is 8.53. The van der Waals surface area contributed by atoms with Crippen molar-refractivity contribution in [1.29, 1.82) is 0 Å². The van der Waals surface area contributed by atoms with Crippen LogP contribution in [0, 0.1) is 35.2 Å². The molecule has 2 aromatic carbocycles. The van der Waals surface area contributed by atoms with Gasteiger partial charge in [0.05, 0.1) is 5.02 Å². The van der Waals surface area contributed by atoms with Crippen LogP contribution < -0.4 is 5.32 Å². The zero-order valence-electron chi connectivity index (χ0n) is 16.6. The molecule has 2 saturated carbocycles. The average Bonchev–Trinajstić information content (AvgIpc) is 2.69. The van der Waals surface area contributed by atoms with E-state index >= 15 is 0 Å². The Kier molecular flexibility index (Phi) is 6.35. The van der Waals surface area contributed by atoms with Crippen LogP contribution in [0.2, 0.25) is 5.02 Å². The zero-order valence-corrected chi connectivity index (χ0v) is 18.1. The minimum atomic E-state index is -1.56. The Morgan fingerprint density at radius 2 is 1.80 bits per heavy atom. The molecule has 2 bridgehead atoms. The van der Waals surface area contributed by atoms with Gasteiger partial charge in [-0.1, -0.05) is 18.5 Å². The summed E-state index contributed by atoms with van der Waals surface area (Å²) in [6, 6.07) is 6.46. The second kappa shape index (κ2) is 8.83. The summed E-state index contributed by atoms with van der Waals surface area (Å²) in [6.07, 6.45) is 6.20. The Labute approximate surface area is 183 Å². The van der Waals surface area contributed by atoms with Gasteiger partial charge in [0, 0.05) is 33.5 Å².